The van der Waals surface area contributed by atoms with Crippen molar-refractivity contribution in [1.29, 1.82) is 0 Å². The van der Waals surface area contributed by atoms with Crippen molar-refractivity contribution in [3.05, 3.63) is 188 Å². The van der Waals surface area contributed by atoms with Gasteiger partial charge in [0.05, 0.1) is 48.8 Å². The summed E-state index contributed by atoms with van der Waals surface area (Å²) in [5, 5.41) is 36.0. The second kappa shape index (κ2) is 71.0. The second-order valence-corrected chi connectivity index (χ2v) is 32.3. The fraction of sp³-hybridized carbons (Fsp3) is 0.659. The smallest absolute Gasteiger partial charge is 0.156 e. The number of H-pyrrole nitrogens is 6. The lowest BCUT2D eigenvalue weighted by Crippen LogP contribution is -2.15. The van der Waals surface area contributed by atoms with E-state index >= 15 is 0 Å². The Morgan fingerprint density at radius 2 is 0.719 bits per heavy atom. The SMILES string of the molecule is CC.CC.CC.CC.CC.CC.CC.CC.CC.CC.CC(C)(C)c1ccc[nH]1.CC(C)(C)c1ccn[nH]1.CC(C)(C)c1cn[nH]c1.CC(C)(C)c1cnc[nH]1.CC(C)(C)c1cnc[nH]1.CC(C)(C)c1cncnn1.CC(C)(C)c1cnncn1.CC(C)(C)c1ncc[nH]1.CC(C)(C)c1nccnn1.CC(C)(C)c1ncncn1. The molecule has 23 heteroatoms. The first-order valence-corrected chi connectivity index (χ1v) is 41.7. The molecule has 656 valence electrons. The molecule has 0 spiro atoms. The standard InChI is InChI=1S/C8H13N.4C7H11N3.5C7H12N2.10C2H6/c1-8(2,3)7-5-4-6-9-7;1-7(2,3)6-9-4-8-5-10-6;1-7(2,3)6-4-9-10-5-8-6;1-7(2,3)6-4-8-5-9-10-6;1-7(2,3)6-8-4-5-9-10-6;2*1-7(2,3)6-4-8-5-9-6;1-7(2,3)6-4-8-9-5-6;1-7(2,3)6-8-4-5-9-6;1-7(2,3)6-4-5-8-9-6;10*1-2/h4-6,9H,1-3H3;4*4-5H,1-3H3;5*4-5H,1-3H3,(H,8,9);10*1-2H3. The summed E-state index contributed by atoms with van der Waals surface area (Å²) >= 11 is 0. The van der Waals surface area contributed by atoms with Crippen LogP contribution in [0.15, 0.2) is 131 Å². The number of hydrogen-bond donors (Lipinski definition) is 6. The molecule has 10 heterocycles. The summed E-state index contributed by atoms with van der Waals surface area (Å²) in [5.41, 5.74) is 9.44. The molecule has 0 aliphatic carbocycles. The highest BCUT2D eigenvalue weighted by Gasteiger charge is 2.21. The molecule has 0 bridgehead atoms. The van der Waals surface area contributed by atoms with Crippen molar-refractivity contribution in [3.8, 4) is 0 Å². The predicted octanol–water partition coefficient (Wildman–Crippen LogP) is 25.8. The maximum atomic E-state index is 4.13. The highest BCUT2D eigenvalue weighted by Crippen LogP contribution is 2.24. The molecule has 23 nitrogen and oxygen atoms in total. The van der Waals surface area contributed by atoms with E-state index in [9.17, 15) is 0 Å². The molecular formula is C91H177N23. The Bertz CT molecular complexity index is 2820. The van der Waals surface area contributed by atoms with Gasteiger partial charge < -0.3 is 19.9 Å². The summed E-state index contributed by atoms with van der Waals surface area (Å²) in [7, 11) is 0. The molecule has 0 atom stereocenters. The van der Waals surface area contributed by atoms with Crippen LogP contribution in [0.2, 0.25) is 0 Å². The Balaban J connectivity index is -0.000000128. The van der Waals surface area contributed by atoms with Crippen molar-refractivity contribution in [2.75, 3.05) is 0 Å². The van der Waals surface area contributed by atoms with Gasteiger partial charge in [0.25, 0.3) is 0 Å². The summed E-state index contributed by atoms with van der Waals surface area (Å²) in [6.45, 7) is 104. The summed E-state index contributed by atoms with van der Waals surface area (Å²) in [6, 6.07) is 6.14. The van der Waals surface area contributed by atoms with Crippen LogP contribution in [-0.4, -0.2) is 116 Å². The van der Waals surface area contributed by atoms with Gasteiger partial charge in [-0.1, -0.05) is 346 Å². The maximum Gasteiger partial charge on any atom is 0.156 e. The van der Waals surface area contributed by atoms with Crippen LogP contribution in [0.1, 0.15) is 403 Å². The quantitative estimate of drug-likeness (QED) is 0.0822. The molecule has 0 amide bonds. The molecule has 0 saturated carbocycles. The fourth-order valence-corrected chi connectivity index (χ4v) is 6.57. The Kier molecular flexibility index (Phi) is 78.5. The van der Waals surface area contributed by atoms with Gasteiger partial charge in [0.2, 0.25) is 0 Å². The lowest BCUT2D eigenvalue weighted by Gasteiger charge is -2.15. The van der Waals surface area contributed by atoms with Crippen LogP contribution in [0.25, 0.3) is 0 Å². The van der Waals surface area contributed by atoms with Crippen molar-refractivity contribution >= 4 is 0 Å². The van der Waals surface area contributed by atoms with E-state index in [-0.39, 0.29) is 54.1 Å². The van der Waals surface area contributed by atoms with Crippen LogP contribution in [0, 0.1) is 0 Å². The van der Waals surface area contributed by atoms with E-state index in [1.165, 1.54) is 53.6 Å². The van der Waals surface area contributed by atoms with Crippen molar-refractivity contribution in [2.45, 2.75) is 400 Å². The van der Waals surface area contributed by atoms with Crippen LogP contribution in [0.3, 0.4) is 0 Å². The summed E-state index contributed by atoms with van der Waals surface area (Å²) in [6.07, 6.45) is 30.9. The lowest BCUT2D eigenvalue weighted by molar-refractivity contribution is 0.533. The van der Waals surface area contributed by atoms with Gasteiger partial charge in [0.15, 0.2) is 5.82 Å². The van der Waals surface area contributed by atoms with E-state index in [1.807, 2.05) is 188 Å². The second-order valence-electron chi connectivity index (χ2n) is 32.3. The highest BCUT2D eigenvalue weighted by molar-refractivity contribution is 5.15. The minimum atomic E-state index is 0.00819. The molecule has 6 N–H and O–H groups in total. The molecule has 0 unspecified atom stereocenters. The molecular weight excluding hydrogens is 1420 g/mol. The molecule has 0 aliphatic rings. The zero-order valence-electron chi connectivity index (χ0n) is 82.7. The van der Waals surface area contributed by atoms with Gasteiger partial charge >= 0.3 is 0 Å². The van der Waals surface area contributed by atoms with Crippen molar-refractivity contribution in [3.63, 3.8) is 0 Å². The molecule has 0 saturated heterocycles. The first-order valence-electron chi connectivity index (χ1n) is 41.7. The lowest BCUT2D eigenvalue weighted by atomic mass is 9.90. The zero-order valence-corrected chi connectivity index (χ0v) is 82.7. The van der Waals surface area contributed by atoms with Crippen molar-refractivity contribution < 1.29 is 0 Å². The Morgan fingerprint density at radius 3 is 0.912 bits per heavy atom. The monoisotopic (exact) mass is 1590 g/mol. The normalized spacial score (nSPS) is 10.2. The molecule has 10 rings (SSSR count). The third-order valence-corrected chi connectivity index (χ3v) is 12.7. The van der Waals surface area contributed by atoms with Gasteiger partial charge in [-0.05, 0) is 29.2 Å². The van der Waals surface area contributed by atoms with Gasteiger partial charge in [-0.15, -0.1) is 15.3 Å². The number of imidazole rings is 3. The van der Waals surface area contributed by atoms with E-state index in [2.05, 4.69) is 330 Å². The number of aromatic amines is 6. The molecule has 10 aromatic rings. The highest BCUT2D eigenvalue weighted by atomic mass is 15.2. The van der Waals surface area contributed by atoms with Crippen molar-refractivity contribution in [1.82, 2.24) is 116 Å². The predicted molar refractivity (Wildman–Crippen MR) is 494 cm³/mol. The van der Waals surface area contributed by atoms with Crippen LogP contribution in [0.5, 0.6) is 0 Å². The van der Waals surface area contributed by atoms with Gasteiger partial charge in [-0.2, -0.15) is 25.5 Å². The topological polar surface area (TPSA) is 314 Å². The number of nitrogens with zero attached hydrogens (tertiary/aromatic N) is 17. The molecule has 0 fully saturated rings. The molecule has 10 aromatic heterocycles. The van der Waals surface area contributed by atoms with Gasteiger partial charge in [-0.3, -0.25) is 10.2 Å². The average Bonchev–Trinajstić information content (AvgIpc) is 1.83. The zero-order chi connectivity index (χ0) is 91.9. The van der Waals surface area contributed by atoms with Crippen molar-refractivity contribution in [2.24, 2.45) is 0 Å². The number of hydrogen-bond acceptors (Lipinski definition) is 17. The Labute approximate surface area is 700 Å². The van der Waals surface area contributed by atoms with E-state index in [0.717, 1.165) is 28.9 Å². The minimum absolute atomic E-state index is 0.00819. The van der Waals surface area contributed by atoms with Crippen LogP contribution in [-0.2, 0) is 54.1 Å². The van der Waals surface area contributed by atoms with Gasteiger partial charge in [0, 0.05) is 121 Å². The molecule has 114 heavy (non-hydrogen) atoms. The van der Waals surface area contributed by atoms with E-state index < -0.39 is 0 Å². The molecule has 0 radical (unpaired) electrons. The largest absolute Gasteiger partial charge is 0.365 e. The number of nitrogens with one attached hydrogen (secondary N) is 6. The maximum absolute atomic E-state index is 4.13. The first kappa shape index (κ1) is 126. The third-order valence-electron chi connectivity index (χ3n) is 12.7. The van der Waals surface area contributed by atoms with E-state index in [4.69, 9.17) is 0 Å². The summed E-state index contributed by atoms with van der Waals surface area (Å²) < 4.78 is 0. The fourth-order valence-electron chi connectivity index (χ4n) is 6.57. The van der Waals surface area contributed by atoms with Crippen LogP contribution < -0.4 is 0 Å². The number of aromatic nitrogens is 23. The minimum Gasteiger partial charge on any atom is -0.365 e. The Morgan fingerprint density at radius 1 is 0.263 bits per heavy atom. The van der Waals surface area contributed by atoms with Crippen LogP contribution in [0.4, 0.5) is 0 Å². The molecule has 0 aromatic carbocycles. The first-order chi connectivity index (χ1) is 53.1. The average molecular weight is 1590 g/mol. The van der Waals surface area contributed by atoms with Gasteiger partial charge in [-0.25, -0.2) is 44.9 Å². The van der Waals surface area contributed by atoms with Gasteiger partial charge in [0.1, 0.15) is 37.0 Å². The Hall–Kier alpha value is -8.63. The number of rotatable bonds is 0. The summed E-state index contributed by atoms with van der Waals surface area (Å²) in [5.74, 6) is 2.67. The van der Waals surface area contributed by atoms with Crippen LogP contribution >= 0.6 is 0 Å². The molecule has 0 aliphatic heterocycles. The van der Waals surface area contributed by atoms with E-state index in [0.29, 0.717) is 0 Å². The summed E-state index contributed by atoms with van der Waals surface area (Å²) in [4.78, 5) is 48.2. The third kappa shape index (κ3) is 68.9. The van der Waals surface area contributed by atoms with E-state index in [1.54, 1.807) is 49.8 Å².